The SMILES string of the molecule is CC(C)(N)C(=O)NC(CC(=O)O)C(=O)O. The molecule has 1 atom stereocenters. The van der Waals surface area contributed by atoms with Gasteiger partial charge < -0.3 is 21.3 Å². The van der Waals surface area contributed by atoms with Crippen LogP contribution in [0.3, 0.4) is 0 Å². The molecule has 0 aromatic carbocycles. The van der Waals surface area contributed by atoms with Crippen molar-refractivity contribution in [2.75, 3.05) is 0 Å². The first-order valence-electron chi connectivity index (χ1n) is 4.19. The molecule has 7 heteroatoms. The van der Waals surface area contributed by atoms with Crippen LogP contribution in [0.25, 0.3) is 0 Å². The molecule has 15 heavy (non-hydrogen) atoms. The van der Waals surface area contributed by atoms with Crippen LogP contribution in [0.15, 0.2) is 0 Å². The Morgan fingerprint density at radius 1 is 1.33 bits per heavy atom. The number of amides is 1. The quantitative estimate of drug-likeness (QED) is 0.457. The highest BCUT2D eigenvalue weighted by Gasteiger charge is 2.29. The Morgan fingerprint density at radius 3 is 2.07 bits per heavy atom. The molecule has 0 radical (unpaired) electrons. The number of nitrogens with two attached hydrogens (primary N) is 1. The molecular weight excluding hydrogens is 204 g/mol. The summed E-state index contributed by atoms with van der Waals surface area (Å²) in [5.41, 5.74) is 4.16. The highest BCUT2D eigenvalue weighted by Crippen LogP contribution is 2.00. The zero-order chi connectivity index (χ0) is 12.2. The minimum absolute atomic E-state index is 0.683. The third-order valence-corrected chi connectivity index (χ3v) is 1.57. The van der Waals surface area contributed by atoms with Crippen molar-refractivity contribution in [3.63, 3.8) is 0 Å². The highest BCUT2D eigenvalue weighted by molar-refractivity contribution is 5.90. The van der Waals surface area contributed by atoms with Crippen molar-refractivity contribution in [3.8, 4) is 0 Å². The summed E-state index contributed by atoms with van der Waals surface area (Å²) in [4.78, 5) is 32.1. The molecule has 7 nitrogen and oxygen atoms in total. The van der Waals surface area contributed by atoms with E-state index in [2.05, 4.69) is 0 Å². The average Bonchev–Trinajstić information content (AvgIpc) is 1.99. The summed E-state index contributed by atoms with van der Waals surface area (Å²) < 4.78 is 0. The van der Waals surface area contributed by atoms with Gasteiger partial charge in [-0.3, -0.25) is 9.59 Å². The van der Waals surface area contributed by atoms with E-state index >= 15 is 0 Å². The van der Waals surface area contributed by atoms with Gasteiger partial charge in [-0.05, 0) is 13.8 Å². The van der Waals surface area contributed by atoms with Crippen LogP contribution in [0, 0.1) is 0 Å². The Balaban J connectivity index is 4.50. The molecule has 0 bridgehead atoms. The first-order valence-corrected chi connectivity index (χ1v) is 4.19. The number of hydrogen-bond donors (Lipinski definition) is 4. The van der Waals surface area contributed by atoms with Gasteiger partial charge >= 0.3 is 11.9 Å². The maximum Gasteiger partial charge on any atom is 0.326 e. The molecule has 0 aliphatic rings. The van der Waals surface area contributed by atoms with E-state index in [1.165, 1.54) is 13.8 Å². The minimum atomic E-state index is -1.46. The molecule has 0 aliphatic carbocycles. The summed E-state index contributed by atoms with van der Waals surface area (Å²) in [6, 6.07) is -1.46. The minimum Gasteiger partial charge on any atom is -0.481 e. The Labute approximate surface area is 86.3 Å². The molecule has 1 unspecified atom stereocenters. The Bertz CT molecular complexity index is 281. The van der Waals surface area contributed by atoms with Gasteiger partial charge in [0, 0.05) is 0 Å². The number of carbonyl (C=O) groups is 3. The van der Waals surface area contributed by atoms with Crippen LogP contribution in [0.1, 0.15) is 20.3 Å². The Morgan fingerprint density at radius 2 is 1.80 bits per heavy atom. The van der Waals surface area contributed by atoms with E-state index in [4.69, 9.17) is 15.9 Å². The topological polar surface area (TPSA) is 130 Å². The molecule has 0 heterocycles. The van der Waals surface area contributed by atoms with E-state index in [1.807, 2.05) is 5.32 Å². The number of carbonyl (C=O) groups excluding carboxylic acids is 1. The predicted molar refractivity (Wildman–Crippen MR) is 50.1 cm³/mol. The van der Waals surface area contributed by atoms with Crippen LogP contribution in [-0.2, 0) is 14.4 Å². The van der Waals surface area contributed by atoms with E-state index in [0.29, 0.717) is 0 Å². The third-order valence-electron chi connectivity index (χ3n) is 1.57. The number of aliphatic carboxylic acids is 2. The van der Waals surface area contributed by atoms with E-state index in [0.717, 1.165) is 0 Å². The summed E-state index contributed by atoms with van der Waals surface area (Å²) in [5, 5.41) is 19.1. The second-order valence-corrected chi connectivity index (χ2v) is 3.68. The molecular formula is C8H14N2O5. The fraction of sp³-hybridized carbons (Fsp3) is 0.625. The van der Waals surface area contributed by atoms with E-state index in [9.17, 15) is 14.4 Å². The molecule has 0 rings (SSSR count). The highest BCUT2D eigenvalue weighted by atomic mass is 16.4. The molecule has 0 saturated carbocycles. The first kappa shape index (κ1) is 13.4. The summed E-state index contributed by atoms with van der Waals surface area (Å²) in [5.74, 6) is -3.43. The van der Waals surface area contributed by atoms with E-state index < -0.39 is 35.8 Å². The monoisotopic (exact) mass is 218 g/mol. The van der Waals surface area contributed by atoms with Gasteiger partial charge in [0.1, 0.15) is 6.04 Å². The van der Waals surface area contributed by atoms with Gasteiger partial charge in [0.05, 0.1) is 12.0 Å². The van der Waals surface area contributed by atoms with Gasteiger partial charge in [-0.2, -0.15) is 0 Å². The van der Waals surface area contributed by atoms with Crippen LogP contribution in [0.2, 0.25) is 0 Å². The van der Waals surface area contributed by atoms with Crippen molar-refractivity contribution in [1.29, 1.82) is 0 Å². The zero-order valence-electron chi connectivity index (χ0n) is 8.48. The summed E-state index contributed by atoms with van der Waals surface area (Å²) in [7, 11) is 0. The maximum absolute atomic E-state index is 11.3. The molecule has 0 saturated heterocycles. The summed E-state index contributed by atoms with van der Waals surface area (Å²) >= 11 is 0. The van der Waals surface area contributed by atoms with Gasteiger partial charge in [-0.25, -0.2) is 4.79 Å². The van der Waals surface area contributed by atoms with Crippen LogP contribution in [0.4, 0.5) is 0 Å². The zero-order valence-corrected chi connectivity index (χ0v) is 8.48. The fourth-order valence-corrected chi connectivity index (χ4v) is 0.719. The summed E-state index contributed by atoms with van der Waals surface area (Å²) in [6.07, 6.45) is -0.683. The van der Waals surface area contributed by atoms with Crippen molar-refractivity contribution in [2.45, 2.75) is 31.8 Å². The van der Waals surface area contributed by atoms with Crippen molar-refractivity contribution in [2.24, 2.45) is 5.73 Å². The largest absolute Gasteiger partial charge is 0.481 e. The maximum atomic E-state index is 11.3. The smallest absolute Gasteiger partial charge is 0.326 e. The van der Waals surface area contributed by atoms with Crippen LogP contribution in [0.5, 0.6) is 0 Å². The number of hydrogen-bond acceptors (Lipinski definition) is 4. The number of carboxylic acid groups (broad SMARTS) is 2. The lowest BCUT2D eigenvalue weighted by Gasteiger charge is -2.20. The third kappa shape index (κ3) is 4.96. The molecule has 0 aliphatic heterocycles. The van der Waals surface area contributed by atoms with Gasteiger partial charge in [0.15, 0.2) is 0 Å². The standard InChI is InChI=1S/C8H14N2O5/c1-8(2,9)7(15)10-4(6(13)14)3-5(11)12/h4H,3,9H2,1-2H3,(H,10,15)(H,11,12)(H,13,14). The molecule has 0 aromatic rings. The van der Waals surface area contributed by atoms with Crippen molar-refractivity contribution in [1.82, 2.24) is 5.32 Å². The molecule has 86 valence electrons. The van der Waals surface area contributed by atoms with Gasteiger partial charge in [-0.1, -0.05) is 0 Å². The van der Waals surface area contributed by atoms with Crippen molar-refractivity contribution >= 4 is 17.8 Å². The van der Waals surface area contributed by atoms with Crippen molar-refractivity contribution in [3.05, 3.63) is 0 Å². The normalized spacial score (nSPS) is 13.0. The lowest BCUT2D eigenvalue weighted by atomic mass is 10.1. The molecule has 0 fully saturated rings. The average molecular weight is 218 g/mol. The molecule has 5 N–H and O–H groups in total. The number of rotatable bonds is 5. The molecule has 1 amide bonds. The van der Waals surface area contributed by atoms with Crippen LogP contribution in [-0.4, -0.2) is 39.6 Å². The second kappa shape index (κ2) is 4.74. The Kier molecular flexibility index (Phi) is 4.22. The molecule has 0 spiro atoms. The second-order valence-electron chi connectivity index (χ2n) is 3.68. The molecule has 0 aromatic heterocycles. The van der Waals surface area contributed by atoms with Gasteiger partial charge in [0.25, 0.3) is 0 Å². The van der Waals surface area contributed by atoms with E-state index in [-0.39, 0.29) is 0 Å². The number of carboxylic acids is 2. The Hall–Kier alpha value is -1.63. The number of nitrogens with one attached hydrogen (secondary N) is 1. The van der Waals surface area contributed by atoms with Crippen LogP contribution < -0.4 is 11.1 Å². The first-order chi connectivity index (χ1) is 6.64. The van der Waals surface area contributed by atoms with E-state index in [1.54, 1.807) is 0 Å². The summed E-state index contributed by atoms with van der Waals surface area (Å²) in [6.45, 7) is 2.78. The van der Waals surface area contributed by atoms with Crippen molar-refractivity contribution < 1.29 is 24.6 Å². The van der Waals surface area contributed by atoms with Gasteiger partial charge in [0.2, 0.25) is 5.91 Å². The lowest BCUT2D eigenvalue weighted by Crippen LogP contribution is -2.54. The fourth-order valence-electron chi connectivity index (χ4n) is 0.719. The van der Waals surface area contributed by atoms with Crippen LogP contribution >= 0.6 is 0 Å². The predicted octanol–water partition coefficient (Wildman–Crippen LogP) is -1.23. The lowest BCUT2D eigenvalue weighted by molar-refractivity contribution is -0.147. The van der Waals surface area contributed by atoms with Gasteiger partial charge in [-0.15, -0.1) is 0 Å².